The van der Waals surface area contributed by atoms with Gasteiger partial charge in [-0.1, -0.05) is 60.7 Å². The van der Waals surface area contributed by atoms with Crippen molar-refractivity contribution in [1.82, 2.24) is 0 Å². The summed E-state index contributed by atoms with van der Waals surface area (Å²) in [6.07, 6.45) is 0. The summed E-state index contributed by atoms with van der Waals surface area (Å²) in [6.45, 7) is 0.898. The number of aliphatic hydroxyl groups is 1. The first-order chi connectivity index (χ1) is 18.7. The molecule has 0 fully saturated rings. The van der Waals surface area contributed by atoms with Gasteiger partial charge in [-0.25, -0.2) is 0 Å². The number of hydrogen-bond donors (Lipinski definition) is 1. The summed E-state index contributed by atoms with van der Waals surface area (Å²) in [5.41, 5.74) is 3.04. The quantitative estimate of drug-likeness (QED) is 0.236. The number of fused-ring (bicyclic) bond motifs is 1. The topological polar surface area (TPSA) is 85.3 Å². The predicted octanol–water partition coefficient (Wildman–Crippen LogP) is 4.56. The maximum atomic E-state index is 14.0. The van der Waals surface area contributed by atoms with Crippen LogP contribution in [-0.4, -0.2) is 43.9 Å². The lowest BCUT2D eigenvalue weighted by molar-refractivity contribution is -0.129. The van der Waals surface area contributed by atoms with E-state index in [1.54, 1.807) is 0 Å². The average molecular weight is 510 g/mol. The standard InChI is InChI=1S/C31H27NO6/c33-18-19-37-26-14-10-23(11-15-26)31(24-12-16-27(17-13-24)38-21-20-36-22-34)29-9-5-4-8-28(29)30(35)32(31)25-6-2-1-3-7-25/h1-17,22,33H,18-21H2. The van der Waals surface area contributed by atoms with E-state index in [1.807, 2.05) is 108 Å². The molecule has 1 aliphatic rings. The predicted molar refractivity (Wildman–Crippen MR) is 143 cm³/mol. The van der Waals surface area contributed by atoms with Gasteiger partial charge in [0.1, 0.15) is 36.9 Å². The molecular weight excluding hydrogens is 482 g/mol. The van der Waals surface area contributed by atoms with Crippen LogP contribution in [0.1, 0.15) is 27.0 Å². The molecule has 1 N–H and O–H groups in total. The van der Waals surface area contributed by atoms with E-state index in [0.29, 0.717) is 23.5 Å². The Hall–Kier alpha value is -4.62. The molecule has 1 atom stereocenters. The first-order valence-electron chi connectivity index (χ1n) is 12.3. The van der Waals surface area contributed by atoms with Crippen LogP contribution in [0.4, 0.5) is 5.69 Å². The van der Waals surface area contributed by atoms with Crippen LogP contribution in [0, 0.1) is 0 Å². The van der Waals surface area contributed by atoms with Crippen LogP contribution in [-0.2, 0) is 15.1 Å². The van der Waals surface area contributed by atoms with Gasteiger partial charge in [0.25, 0.3) is 12.4 Å². The molecular formula is C31H27NO6. The maximum Gasteiger partial charge on any atom is 0.293 e. The second-order valence-electron chi connectivity index (χ2n) is 8.67. The lowest BCUT2D eigenvalue weighted by Crippen LogP contribution is -2.46. The third-order valence-corrected chi connectivity index (χ3v) is 6.54. The zero-order valence-electron chi connectivity index (χ0n) is 20.7. The highest BCUT2D eigenvalue weighted by Gasteiger charge is 2.52. The fourth-order valence-corrected chi connectivity index (χ4v) is 5.01. The van der Waals surface area contributed by atoms with Crippen LogP contribution in [0.15, 0.2) is 103 Å². The molecule has 0 aromatic heterocycles. The lowest BCUT2D eigenvalue weighted by atomic mass is 9.76. The van der Waals surface area contributed by atoms with E-state index in [9.17, 15) is 9.59 Å². The van der Waals surface area contributed by atoms with E-state index in [-0.39, 0.29) is 32.3 Å². The van der Waals surface area contributed by atoms with Crippen molar-refractivity contribution < 1.29 is 28.9 Å². The van der Waals surface area contributed by atoms with Gasteiger partial charge in [0.05, 0.1) is 6.61 Å². The Morgan fingerprint density at radius 1 is 0.711 bits per heavy atom. The number of ether oxygens (including phenoxy) is 3. The van der Waals surface area contributed by atoms with Gasteiger partial charge in [-0.3, -0.25) is 14.5 Å². The Morgan fingerprint density at radius 2 is 1.29 bits per heavy atom. The number of hydrogen-bond acceptors (Lipinski definition) is 6. The van der Waals surface area contributed by atoms with Crippen LogP contribution in [0.3, 0.4) is 0 Å². The summed E-state index contributed by atoms with van der Waals surface area (Å²) in [6, 6.07) is 32.5. The number of nitrogens with zero attached hydrogens (tertiary/aromatic N) is 1. The SMILES string of the molecule is O=COCCOc1ccc(C2(c3ccc(OCCO)cc3)c3ccccc3C(=O)N2c2ccccc2)cc1. The number of para-hydroxylation sites is 1. The number of anilines is 1. The minimum Gasteiger partial charge on any atom is -0.491 e. The molecule has 5 rings (SSSR count). The summed E-state index contributed by atoms with van der Waals surface area (Å²) >= 11 is 0. The minimum atomic E-state index is -0.969. The Balaban J connectivity index is 1.68. The molecule has 4 aromatic carbocycles. The smallest absolute Gasteiger partial charge is 0.293 e. The molecule has 0 saturated carbocycles. The van der Waals surface area contributed by atoms with Crippen molar-refractivity contribution in [3.63, 3.8) is 0 Å². The fourth-order valence-electron chi connectivity index (χ4n) is 5.01. The van der Waals surface area contributed by atoms with Crippen LogP contribution in [0.2, 0.25) is 0 Å². The van der Waals surface area contributed by atoms with Gasteiger partial charge in [0.15, 0.2) is 0 Å². The second kappa shape index (κ2) is 11.2. The first kappa shape index (κ1) is 25.0. The average Bonchev–Trinajstić information content (AvgIpc) is 3.24. The zero-order chi connectivity index (χ0) is 26.4. The summed E-state index contributed by atoms with van der Waals surface area (Å²) < 4.78 is 16.0. The zero-order valence-corrected chi connectivity index (χ0v) is 20.7. The minimum absolute atomic E-state index is 0.0783. The van der Waals surface area contributed by atoms with Crippen LogP contribution in [0.25, 0.3) is 0 Å². The summed E-state index contributed by atoms with van der Waals surface area (Å²) in [5, 5.41) is 9.15. The van der Waals surface area contributed by atoms with Gasteiger partial charge in [-0.2, -0.15) is 0 Å². The number of aliphatic hydroxyl groups excluding tert-OH is 1. The highest BCUT2D eigenvalue weighted by molar-refractivity contribution is 6.13. The van der Waals surface area contributed by atoms with Crippen LogP contribution in [0.5, 0.6) is 11.5 Å². The highest BCUT2D eigenvalue weighted by Crippen LogP contribution is 2.51. The summed E-state index contributed by atoms with van der Waals surface area (Å²) in [7, 11) is 0. The van der Waals surface area contributed by atoms with Crippen molar-refractivity contribution in [3.05, 3.63) is 125 Å². The molecule has 1 heterocycles. The van der Waals surface area contributed by atoms with Crippen LogP contribution >= 0.6 is 0 Å². The van der Waals surface area contributed by atoms with Gasteiger partial charge in [0, 0.05) is 11.3 Å². The molecule has 7 heteroatoms. The third kappa shape index (κ3) is 4.48. The molecule has 4 aromatic rings. The number of carbonyl (C=O) groups excluding carboxylic acids is 2. The molecule has 0 bridgehead atoms. The van der Waals surface area contributed by atoms with Gasteiger partial charge in [0.2, 0.25) is 0 Å². The molecule has 0 aliphatic carbocycles. The normalized spacial score (nSPS) is 16.1. The second-order valence-corrected chi connectivity index (χ2v) is 8.67. The van der Waals surface area contributed by atoms with Crippen molar-refractivity contribution >= 4 is 18.1 Å². The number of rotatable bonds is 11. The van der Waals surface area contributed by atoms with E-state index < -0.39 is 5.54 Å². The van der Waals surface area contributed by atoms with Crippen molar-refractivity contribution in [3.8, 4) is 11.5 Å². The molecule has 38 heavy (non-hydrogen) atoms. The van der Waals surface area contributed by atoms with Crippen LogP contribution < -0.4 is 14.4 Å². The molecule has 1 aliphatic heterocycles. The molecule has 0 radical (unpaired) electrons. The van der Waals surface area contributed by atoms with Crippen molar-refractivity contribution in [2.75, 3.05) is 31.3 Å². The summed E-state index contributed by atoms with van der Waals surface area (Å²) in [4.78, 5) is 26.3. The van der Waals surface area contributed by atoms with E-state index >= 15 is 0 Å². The number of carbonyl (C=O) groups is 2. The monoisotopic (exact) mass is 509 g/mol. The summed E-state index contributed by atoms with van der Waals surface area (Å²) in [5.74, 6) is 1.15. The van der Waals surface area contributed by atoms with Gasteiger partial charge in [-0.05, 0) is 59.2 Å². The van der Waals surface area contributed by atoms with Gasteiger partial charge < -0.3 is 19.3 Å². The Kier molecular flexibility index (Phi) is 7.38. The van der Waals surface area contributed by atoms with Gasteiger partial charge in [-0.15, -0.1) is 0 Å². The van der Waals surface area contributed by atoms with Crippen molar-refractivity contribution in [2.24, 2.45) is 0 Å². The molecule has 7 nitrogen and oxygen atoms in total. The first-order valence-corrected chi connectivity index (χ1v) is 12.3. The van der Waals surface area contributed by atoms with E-state index in [2.05, 4.69) is 0 Å². The Bertz CT molecular complexity index is 1390. The van der Waals surface area contributed by atoms with E-state index in [0.717, 1.165) is 22.4 Å². The maximum absolute atomic E-state index is 14.0. The third-order valence-electron chi connectivity index (χ3n) is 6.54. The molecule has 1 amide bonds. The van der Waals surface area contributed by atoms with Crippen molar-refractivity contribution in [1.29, 1.82) is 0 Å². The van der Waals surface area contributed by atoms with Crippen molar-refractivity contribution in [2.45, 2.75) is 5.54 Å². The molecule has 192 valence electrons. The Morgan fingerprint density at radius 3 is 1.89 bits per heavy atom. The highest BCUT2D eigenvalue weighted by atomic mass is 16.5. The van der Waals surface area contributed by atoms with Gasteiger partial charge >= 0.3 is 0 Å². The molecule has 0 spiro atoms. The molecule has 1 unspecified atom stereocenters. The number of benzene rings is 4. The number of amides is 1. The molecule has 0 saturated heterocycles. The largest absolute Gasteiger partial charge is 0.491 e. The fraction of sp³-hybridized carbons (Fsp3) is 0.161. The lowest BCUT2D eigenvalue weighted by Gasteiger charge is -2.40. The van der Waals surface area contributed by atoms with E-state index in [4.69, 9.17) is 19.3 Å². The Labute approximate surface area is 220 Å². The van der Waals surface area contributed by atoms with E-state index in [1.165, 1.54) is 0 Å².